The van der Waals surface area contributed by atoms with Crippen LogP contribution in [0.25, 0.3) is 0 Å². The maximum absolute atomic E-state index is 14.0. The molecule has 5 nitrogen and oxygen atoms in total. The molecule has 7 heteroatoms. The van der Waals surface area contributed by atoms with Gasteiger partial charge in [-0.3, -0.25) is 14.6 Å². The van der Waals surface area contributed by atoms with E-state index in [1.54, 1.807) is 13.1 Å². The predicted molar refractivity (Wildman–Crippen MR) is 108 cm³/mol. The number of aryl methyl sites for hydroxylation is 2. The zero-order chi connectivity index (χ0) is 19.6. The first-order chi connectivity index (χ1) is 12.9. The van der Waals surface area contributed by atoms with Crippen LogP contribution in [0.1, 0.15) is 17.5 Å². The molecular formula is C20H20FN3O2S. The number of rotatable bonds is 3. The number of imide groups is 1. The molecule has 2 aromatic carbocycles. The Bertz CT molecular complexity index is 929. The molecule has 2 aromatic rings. The Morgan fingerprint density at radius 1 is 1.19 bits per heavy atom. The van der Waals surface area contributed by atoms with Gasteiger partial charge in [-0.1, -0.05) is 30.0 Å². The topological polar surface area (TPSA) is 61.8 Å². The molecule has 0 radical (unpaired) electrons. The van der Waals surface area contributed by atoms with E-state index in [-0.39, 0.29) is 12.1 Å². The molecule has 1 aliphatic rings. The average molecular weight is 385 g/mol. The molecule has 0 saturated carbocycles. The van der Waals surface area contributed by atoms with Crippen molar-refractivity contribution in [2.45, 2.75) is 25.5 Å². The number of anilines is 2. The van der Waals surface area contributed by atoms with Gasteiger partial charge in [0.15, 0.2) is 5.17 Å². The molecule has 1 aliphatic heterocycles. The summed E-state index contributed by atoms with van der Waals surface area (Å²) in [7, 11) is 1.62. The van der Waals surface area contributed by atoms with Gasteiger partial charge in [-0.25, -0.2) is 9.29 Å². The smallest absolute Gasteiger partial charge is 0.247 e. The van der Waals surface area contributed by atoms with E-state index in [9.17, 15) is 14.0 Å². The number of hydrogen-bond acceptors (Lipinski definition) is 4. The van der Waals surface area contributed by atoms with Crippen LogP contribution in [0.15, 0.2) is 47.5 Å². The fourth-order valence-corrected chi connectivity index (χ4v) is 3.78. The van der Waals surface area contributed by atoms with Gasteiger partial charge in [-0.15, -0.1) is 0 Å². The summed E-state index contributed by atoms with van der Waals surface area (Å²) in [6, 6.07) is 11.7. The highest BCUT2D eigenvalue weighted by atomic mass is 32.2. The molecule has 1 unspecified atom stereocenters. The molecular weight excluding hydrogens is 365 g/mol. The summed E-state index contributed by atoms with van der Waals surface area (Å²) in [5.41, 5.74) is 3.17. The van der Waals surface area contributed by atoms with Crippen LogP contribution in [0.2, 0.25) is 0 Å². The fourth-order valence-electron chi connectivity index (χ4n) is 2.80. The normalized spacial score (nSPS) is 17.6. The SMILES string of the molecule is CN=C(Nc1ccc(C)c(C)c1)SC1CC(=O)N(c2ccccc2F)C1=O. The third-order valence-electron chi connectivity index (χ3n) is 4.41. The lowest BCUT2D eigenvalue weighted by Crippen LogP contribution is -2.32. The van der Waals surface area contributed by atoms with Crippen molar-refractivity contribution < 1.29 is 14.0 Å². The summed E-state index contributed by atoms with van der Waals surface area (Å²) < 4.78 is 14.0. The number of nitrogens with one attached hydrogen (secondary N) is 1. The van der Waals surface area contributed by atoms with Crippen LogP contribution in [-0.4, -0.2) is 29.3 Å². The van der Waals surface area contributed by atoms with Crippen molar-refractivity contribution in [2.75, 3.05) is 17.3 Å². The Morgan fingerprint density at radius 2 is 1.93 bits per heavy atom. The minimum Gasteiger partial charge on any atom is -0.335 e. The molecule has 1 atom stereocenters. The molecule has 0 aliphatic carbocycles. The Kier molecular flexibility index (Phi) is 5.60. The van der Waals surface area contributed by atoms with Crippen LogP contribution in [0.4, 0.5) is 15.8 Å². The van der Waals surface area contributed by atoms with Crippen molar-refractivity contribution in [1.29, 1.82) is 0 Å². The lowest BCUT2D eigenvalue weighted by atomic mass is 10.1. The van der Waals surface area contributed by atoms with Gasteiger partial charge >= 0.3 is 0 Å². The number of amides is 2. The van der Waals surface area contributed by atoms with Crippen molar-refractivity contribution in [3.8, 4) is 0 Å². The standard InChI is InChI=1S/C20H20FN3O2S/c1-12-8-9-14(10-13(12)2)23-20(22-3)27-17-11-18(25)24(19(17)26)16-7-5-4-6-15(16)21/h4-10,17H,11H2,1-3H3,(H,22,23). The monoisotopic (exact) mass is 385 g/mol. The van der Waals surface area contributed by atoms with Gasteiger partial charge in [0.25, 0.3) is 0 Å². The lowest BCUT2D eigenvalue weighted by Gasteiger charge is -2.16. The number of carbonyl (C=O) groups is 2. The van der Waals surface area contributed by atoms with E-state index in [1.807, 2.05) is 32.0 Å². The maximum Gasteiger partial charge on any atom is 0.247 e. The summed E-state index contributed by atoms with van der Waals surface area (Å²) in [5.74, 6) is -1.44. The van der Waals surface area contributed by atoms with Crippen molar-refractivity contribution in [2.24, 2.45) is 4.99 Å². The molecule has 0 bridgehead atoms. The van der Waals surface area contributed by atoms with Crippen molar-refractivity contribution in [3.05, 3.63) is 59.4 Å². The van der Waals surface area contributed by atoms with Crippen molar-refractivity contribution in [3.63, 3.8) is 0 Å². The first kappa shape index (κ1) is 19.1. The first-order valence-corrected chi connectivity index (χ1v) is 9.37. The fraction of sp³-hybridized carbons (Fsp3) is 0.250. The number of para-hydroxylation sites is 1. The minimum absolute atomic E-state index is 0.00542. The highest BCUT2D eigenvalue weighted by molar-refractivity contribution is 8.15. The molecule has 1 fully saturated rings. The summed E-state index contributed by atoms with van der Waals surface area (Å²) in [5, 5.41) is 3.07. The predicted octanol–water partition coefficient (Wildman–Crippen LogP) is 3.91. The summed E-state index contributed by atoms with van der Waals surface area (Å²) >= 11 is 1.18. The second-order valence-electron chi connectivity index (χ2n) is 6.28. The Morgan fingerprint density at radius 3 is 2.59 bits per heavy atom. The van der Waals surface area contributed by atoms with E-state index in [1.165, 1.54) is 35.5 Å². The summed E-state index contributed by atoms with van der Waals surface area (Å²) in [6.07, 6.45) is 0.00542. The molecule has 3 rings (SSSR count). The molecule has 1 heterocycles. The molecule has 0 aromatic heterocycles. The maximum atomic E-state index is 14.0. The third-order valence-corrected chi connectivity index (χ3v) is 5.57. The first-order valence-electron chi connectivity index (χ1n) is 8.49. The Hall–Kier alpha value is -2.67. The molecule has 0 spiro atoms. The van der Waals surface area contributed by atoms with Crippen LogP contribution in [-0.2, 0) is 9.59 Å². The zero-order valence-corrected chi connectivity index (χ0v) is 16.1. The lowest BCUT2D eigenvalue weighted by molar-refractivity contribution is -0.121. The van der Waals surface area contributed by atoms with Gasteiger partial charge in [-0.05, 0) is 49.2 Å². The van der Waals surface area contributed by atoms with Gasteiger partial charge in [0.2, 0.25) is 11.8 Å². The van der Waals surface area contributed by atoms with Crippen LogP contribution < -0.4 is 10.2 Å². The van der Waals surface area contributed by atoms with Crippen LogP contribution in [0, 0.1) is 19.7 Å². The van der Waals surface area contributed by atoms with E-state index in [0.717, 1.165) is 16.2 Å². The van der Waals surface area contributed by atoms with E-state index in [4.69, 9.17) is 0 Å². The van der Waals surface area contributed by atoms with Crippen LogP contribution in [0.3, 0.4) is 0 Å². The molecule has 2 amide bonds. The molecule has 140 valence electrons. The second kappa shape index (κ2) is 7.92. The second-order valence-corrected chi connectivity index (χ2v) is 7.47. The minimum atomic E-state index is -0.644. The average Bonchev–Trinajstić information content (AvgIpc) is 2.91. The summed E-state index contributed by atoms with van der Waals surface area (Å²) in [4.78, 5) is 30.1. The number of amidine groups is 1. The Balaban J connectivity index is 1.75. The van der Waals surface area contributed by atoms with Crippen molar-refractivity contribution in [1.82, 2.24) is 0 Å². The number of benzene rings is 2. The van der Waals surface area contributed by atoms with E-state index in [0.29, 0.717) is 5.17 Å². The van der Waals surface area contributed by atoms with Gasteiger partial charge in [0, 0.05) is 19.2 Å². The number of nitrogens with zero attached hydrogens (tertiary/aromatic N) is 2. The number of carbonyl (C=O) groups excluding carboxylic acids is 2. The number of halogens is 1. The van der Waals surface area contributed by atoms with Gasteiger partial charge < -0.3 is 5.32 Å². The van der Waals surface area contributed by atoms with Crippen LogP contribution >= 0.6 is 11.8 Å². The van der Waals surface area contributed by atoms with E-state index >= 15 is 0 Å². The number of hydrogen-bond donors (Lipinski definition) is 1. The quantitative estimate of drug-likeness (QED) is 0.494. The highest BCUT2D eigenvalue weighted by Crippen LogP contribution is 2.32. The molecule has 27 heavy (non-hydrogen) atoms. The van der Waals surface area contributed by atoms with E-state index in [2.05, 4.69) is 10.3 Å². The molecule has 1 saturated heterocycles. The Labute approximate surface area is 161 Å². The van der Waals surface area contributed by atoms with Gasteiger partial charge in [0.05, 0.1) is 5.69 Å². The highest BCUT2D eigenvalue weighted by Gasteiger charge is 2.41. The largest absolute Gasteiger partial charge is 0.335 e. The van der Waals surface area contributed by atoms with Crippen molar-refractivity contribution >= 4 is 40.1 Å². The number of aliphatic imine (C=N–C) groups is 1. The van der Waals surface area contributed by atoms with E-state index < -0.39 is 22.9 Å². The third kappa shape index (κ3) is 4.03. The van der Waals surface area contributed by atoms with Gasteiger partial charge in [-0.2, -0.15) is 0 Å². The van der Waals surface area contributed by atoms with Crippen LogP contribution in [0.5, 0.6) is 0 Å². The molecule has 1 N–H and O–H groups in total. The number of thioether (sulfide) groups is 1. The van der Waals surface area contributed by atoms with Gasteiger partial charge in [0.1, 0.15) is 11.1 Å². The zero-order valence-electron chi connectivity index (χ0n) is 15.3. The summed E-state index contributed by atoms with van der Waals surface area (Å²) in [6.45, 7) is 4.05.